The van der Waals surface area contributed by atoms with Crippen molar-refractivity contribution < 1.29 is 9.18 Å². The minimum atomic E-state index is -0.601. The van der Waals surface area contributed by atoms with Gasteiger partial charge in [-0.1, -0.05) is 19.1 Å². The molecular weight excluding hydrogens is 345 g/mol. The van der Waals surface area contributed by atoms with Gasteiger partial charge < -0.3 is 16.0 Å². The first-order chi connectivity index (χ1) is 13.0. The molecule has 3 N–H and O–H groups in total. The molecule has 7 heteroatoms. The highest BCUT2D eigenvalue weighted by Gasteiger charge is 2.21. The van der Waals surface area contributed by atoms with Crippen molar-refractivity contribution in [1.29, 1.82) is 0 Å². The van der Waals surface area contributed by atoms with Crippen molar-refractivity contribution in [2.45, 2.75) is 32.6 Å². The van der Waals surface area contributed by atoms with Gasteiger partial charge in [0.2, 0.25) is 0 Å². The number of aromatic nitrogens is 2. The summed E-state index contributed by atoms with van der Waals surface area (Å²) in [6.45, 7) is 7.63. The lowest BCUT2D eigenvalue weighted by Crippen LogP contribution is -2.27. The summed E-state index contributed by atoms with van der Waals surface area (Å²) in [7, 11) is 0. The molecule has 2 heterocycles. The molecule has 27 heavy (non-hydrogen) atoms. The molecule has 1 unspecified atom stereocenters. The highest BCUT2D eigenvalue weighted by Crippen LogP contribution is 2.28. The lowest BCUT2D eigenvalue weighted by molar-refractivity contribution is 0.0994. The topological polar surface area (TPSA) is 84.1 Å². The lowest BCUT2D eigenvalue weighted by atomic mass is 9.97. The number of nitrogens with two attached hydrogens (primary N) is 1. The molecule has 1 aromatic heterocycles. The molecule has 1 aromatic carbocycles. The average Bonchev–Trinajstić information content (AvgIpc) is 3.15. The quantitative estimate of drug-likeness (QED) is 0.782. The second kappa shape index (κ2) is 8.43. The number of carbonyl (C=O) groups excluding carboxylic acids is 1. The maximum atomic E-state index is 13.3. The molecule has 3 rings (SSSR count). The minimum absolute atomic E-state index is 0.161. The van der Waals surface area contributed by atoms with Gasteiger partial charge in [-0.2, -0.15) is 0 Å². The minimum Gasteiger partial charge on any atom is -0.367 e. The third-order valence-electron chi connectivity index (χ3n) is 5.03. The maximum absolute atomic E-state index is 13.3. The molecule has 2 aromatic rings. The number of rotatable bonds is 7. The number of likely N-dealkylation sites (tertiary alicyclic amines) is 1. The van der Waals surface area contributed by atoms with Crippen LogP contribution in [0.3, 0.4) is 0 Å². The van der Waals surface area contributed by atoms with Crippen LogP contribution >= 0.6 is 0 Å². The number of amides is 1. The van der Waals surface area contributed by atoms with Gasteiger partial charge in [-0.3, -0.25) is 4.79 Å². The molecule has 1 amide bonds. The van der Waals surface area contributed by atoms with Crippen LogP contribution in [-0.4, -0.2) is 47.0 Å². The van der Waals surface area contributed by atoms with E-state index >= 15 is 0 Å². The Bertz CT molecular complexity index is 803. The van der Waals surface area contributed by atoms with Gasteiger partial charge in [0.15, 0.2) is 0 Å². The second-order valence-electron chi connectivity index (χ2n) is 7.00. The van der Waals surface area contributed by atoms with Gasteiger partial charge in [0.1, 0.15) is 17.3 Å². The monoisotopic (exact) mass is 371 g/mol. The van der Waals surface area contributed by atoms with E-state index in [4.69, 9.17) is 5.73 Å². The number of carbonyl (C=O) groups is 1. The van der Waals surface area contributed by atoms with E-state index in [1.807, 2.05) is 6.92 Å². The number of benzene rings is 1. The van der Waals surface area contributed by atoms with Crippen LogP contribution in [0.2, 0.25) is 0 Å². The summed E-state index contributed by atoms with van der Waals surface area (Å²) in [6.07, 6.45) is 2.50. The Morgan fingerprint density at radius 3 is 2.56 bits per heavy atom. The Labute approximate surface area is 159 Å². The number of aryl methyl sites for hydroxylation is 1. The lowest BCUT2D eigenvalue weighted by Gasteiger charge is -2.20. The van der Waals surface area contributed by atoms with Crippen LogP contribution in [0, 0.1) is 12.7 Å². The Balaban J connectivity index is 1.86. The van der Waals surface area contributed by atoms with Gasteiger partial charge >= 0.3 is 0 Å². The Hall–Kier alpha value is -2.54. The molecule has 1 atom stereocenters. The van der Waals surface area contributed by atoms with Crippen molar-refractivity contribution in [3.8, 4) is 0 Å². The van der Waals surface area contributed by atoms with Gasteiger partial charge in [-0.25, -0.2) is 14.4 Å². The van der Waals surface area contributed by atoms with Gasteiger partial charge in [-0.05, 0) is 50.6 Å². The molecule has 0 bridgehead atoms. The van der Waals surface area contributed by atoms with Crippen LogP contribution in [0.4, 0.5) is 10.2 Å². The Kier molecular flexibility index (Phi) is 6.01. The number of hydrogen-bond donors (Lipinski definition) is 2. The van der Waals surface area contributed by atoms with Crippen LogP contribution in [-0.2, 0) is 0 Å². The standard InChI is InChI=1S/C20H26FN5O/c1-13(15-5-7-16(21)8-6-15)17-20(23-9-12-26-10-3-4-11-26)24-14(2)18(25-17)19(22)27/h5-8,13H,3-4,9-12H2,1-2H3,(H2,22,27)(H,23,24). The van der Waals surface area contributed by atoms with Crippen LogP contribution in [0.15, 0.2) is 24.3 Å². The van der Waals surface area contributed by atoms with E-state index in [1.165, 1.54) is 25.0 Å². The van der Waals surface area contributed by atoms with Crippen LogP contribution in [0.1, 0.15) is 53.1 Å². The van der Waals surface area contributed by atoms with Crippen molar-refractivity contribution in [2.24, 2.45) is 5.73 Å². The molecule has 0 spiro atoms. The maximum Gasteiger partial charge on any atom is 0.269 e. The van der Waals surface area contributed by atoms with Gasteiger partial charge in [0.25, 0.3) is 5.91 Å². The van der Waals surface area contributed by atoms with E-state index in [0.29, 0.717) is 17.2 Å². The van der Waals surface area contributed by atoms with E-state index in [1.54, 1.807) is 19.1 Å². The number of anilines is 1. The largest absolute Gasteiger partial charge is 0.367 e. The molecule has 0 saturated carbocycles. The highest BCUT2D eigenvalue weighted by atomic mass is 19.1. The zero-order valence-electron chi connectivity index (χ0n) is 15.8. The summed E-state index contributed by atoms with van der Waals surface area (Å²) in [5, 5.41) is 3.37. The van der Waals surface area contributed by atoms with E-state index in [-0.39, 0.29) is 17.4 Å². The molecule has 0 aliphatic carbocycles. The first-order valence-corrected chi connectivity index (χ1v) is 9.35. The number of nitrogens with one attached hydrogen (secondary N) is 1. The molecule has 0 radical (unpaired) electrons. The first-order valence-electron chi connectivity index (χ1n) is 9.35. The average molecular weight is 371 g/mol. The smallest absolute Gasteiger partial charge is 0.269 e. The predicted molar refractivity (Wildman–Crippen MR) is 103 cm³/mol. The van der Waals surface area contributed by atoms with E-state index in [2.05, 4.69) is 20.2 Å². The van der Waals surface area contributed by atoms with E-state index < -0.39 is 5.91 Å². The molecule has 1 fully saturated rings. The molecule has 6 nitrogen and oxygen atoms in total. The van der Waals surface area contributed by atoms with Crippen LogP contribution < -0.4 is 11.1 Å². The highest BCUT2D eigenvalue weighted by molar-refractivity contribution is 5.92. The number of nitrogens with zero attached hydrogens (tertiary/aromatic N) is 3. The predicted octanol–water partition coefficient (Wildman–Crippen LogP) is 2.68. The summed E-state index contributed by atoms with van der Waals surface area (Å²) in [5.41, 5.74) is 7.67. The fourth-order valence-corrected chi connectivity index (χ4v) is 3.45. The number of primary amides is 1. The Morgan fingerprint density at radius 1 is 1.26 bits per heavy atom. The fraction of sp³-hybridized carbons (Fsp3) is 0.450. The third-order valence-corrected chi connectivity index (χ3v) is 5.03. The normalized spacial score (nSPS) is 15.7. The second-order valence-corrected chi connectivity index (χ2v) is 7.00. The van der Waals surface area contributed by atoms with E-state index in [9.17, 15) is 9.18 Å². The Morgan fingerprint density at radius 2 is 1.93 bits per heavy atom. The van der Waals surface area contributed by atoms with Crippen LogP contribution in [0.25, 0.3) is 0 Å². The van der Waals surface area contributed by atoms with Crippen molar-refractivity contribution in [1.82, 2.24) is 14.9 Å². The van der Waals surface area contributed by atoms with E-state index in [0.717, 1.165) is 31.7 Å². The summed E-state index contributed by atoms with van der Waals surface area (Å²) >= 11 is 0. The molecular formula is C20H26FN5O. The third kappa shape index (κ3) is 4.60. The van der Waals surface area contributed by atoms with Gasteiger partial charge in [-0.15, -0.1) is 0 Å². The van der Waals surface area contributed by atoms with Gasteiger partial charge in [0.05, 0.1) is 11.4 Å². The molecule has 1 aliphatic heterocycles. The van der Waals surface area contributed by atoms with Crippen LogP contribution in [0.5, 0.6) is 0 Å². The summed E-state index contributed by atoms with van der Waals surface area (Å²) in [5.74, 6) is -0.404. The zero-order valence-corrected chi connectivity index (χ0v) is 15.8. The fourth-order valence-electron chi connectivity index (χ4n) is 3.45. The van der Waals surface area contributed by atoms with Crippen molar-refractivity contribution in [3.05, 3.63) is 52.7 Å². The van der Waals surface area contributed by atoms with Crippen molar-refractivity contribution >= 4 is 11.7 Å². The molecule has 144 valence electrons. The molecule has 1 aliphatic rings. The van der Waals surface area contributed by atoms with Crippen molar-refractivity contribution in [3.63, 3.8) is 0 Å². The molecule has 1 saturated heterocycles. The zero-order chi connectivity index (χ0) is 19.4. The van der Waals surface area contributed by atoms with Gasteiger partial charge in [0, 0.05) is 19.0 Å². The first kappa shape index (κ1) is 19.2. The summed E-state index contributed by atoms with van der Waals surface area (Å²) in [6, 6.07) is 6.28. The SMILES string of the molecule is Cc1nc(NCCN2CCCC2)c(C(C)c2ccc(F)cc2)nc1C(N)=O. The summed E-state index contributed by atoms with van der Waals surface area (Å²) < 4.78 is 13.3. The number of halogens is 1. The van der Waals surface area contributed by atoms with Crippen molar-refractivity contribution in [2.75, 3.05) is 31.5 Å². The summed E-state index contributed by atoms with van der Waals surface area (Å²) in [4.78, 5) is 23.2. The number of hydrogen-bond acceptors (Lipinski definition) is 5.